The maximum atomic E-state index is 13.1. The second-order valence-corrected chi connectivity index (χ2v) is 8.98. The molecule has 0 saturated heterocycles. The van der Waals surface area contributed by atoms with Crippen molar-refractivity contribution in [1.29, 1.82) is 0 Å². The lowest BCUT2D eigenvalue weighted by molar-refractivity contribution is -0.142. The number of rotatable bonds is 19. The Morgan fingerprint density at radius 2 is 1.37 bits per heavy atom. The Labute approximate surface area is 235 Å². The molecule has 0 fully saturated rings. The van der Waals surface area contributed by atoms with E-state index < -0.39 is 60.2 Å². The number of aromatic nitrogens is 2. The molecule has 1 rings (SSSR count). The van der Waals surface area contributed by atoms with E-state index in [2.05, 4.69) is 35.9 Å². The van der Waals surface area contributed by atoms with Gasteiger partial charge in [-0.2, -0.15) is 0 Å². The lowest BCUT2D eigenvalue weighted by Crippen LogP contribution is -2.58. The highest BCUT2D eigenvalue weighted by Gasteiger charge is 2.31. The summed E-state index contributed by atoms with van der Waals surface area (Å²) in [5.41, 5.74) is 32.6. The molecule has 0 radical (unpaired) electrons. The van der Waals surface area contributed by atoms with Gasteiger partial charge in [0.2, 0.25) is 23.6 Å². The van der Waals surface area contributed by atoms with Gasteiger partial charge in [-0.05, 0) is 25.7 Å². The first-order chi connectivity index (χ1) is 19.3. The summed E-state index contributed by atoms with van der Waals surface area (Å²) in [6.07, 6.45) is 2.79. The lowest BCUT2D eigenvalue weighted by atomic mass is 10.1. The summed E-state index contributed by atoms with van der Waals surface area (Å²) >= 11 is 0. The molecule has 0 aliphatic heterocycles. The Morgan fingerprint density at radius 1 is 0.829 bits per heavy atom. The Balaban J connectivity index is 2.99. The van der Waals surface area contributed by atoms with Crippen LogP contribution in [0.25, 0.3) is 0 Å². The van der Waals surface area contributed by atoms with Gasteiger partial charge in [0.15, 0.2) is 11.9 Å². The van der Waals surface area contributed by atoms with E-state index in [-0.39, 0.29) is 50.7 Å². The summed E-state index contributed by atoms with van der Waals surface area (Å²) in [7, 11) is 0. The molecule has 17 N–H and O–H groups in total. The molecule has 4 atom stereocenters. The van der Waals surface area contributed by atoms with Gasteiger partial charge in [-0.1, -0.05) is 0 Å². The Kier molecular flexibility index (Phi) is 14.6. The quantitative estimate of drug-likeness (QED) is 0.0414. The third kappa shape index (κ3) is 14.1. The third-order valence-electron chi connectivity index (χ3n) is 5.51. The number of carbonyl (C=O) groups is 5. The molecule has 1 heterocycles. The van der Waals surface area contributed by atoms with Crippen LogP contribution in [0.3, 0.4) is 0 Å². The van der Waals surface area contributed by atoms with Crippen LogP contribution in [-0.4, -0.2) is 93.8 Å². The molecule has 228 valence electrons. The van der Waals surface area contributed by atoms with Crippen molar-refractivity contribution in [2.45, 2.75) is 62.7 Å². The fourth-order valence-electron chi connectivity index (χ4n) is 3.47. The van der Waals surface area contributed by atoms with Crippen molar-refractivity contribution in [3.8, 4) is 0 Å². The van der Waals surface area contributed by atoms with E-state index in [4.69, 9.17) is 34.4 Å². The van der Waals surface area contributed by atoms with Crippen molar-refractivity contribution in [3.63, 3.8) is 0 Å². The fraction of sp³-hybridized carbons (Fsp3) is 0.545. The van der Waals surface area contributed by atoms with Crippen LogP contribution in [0.1, 0.15) is 37.8 Å². The number of nitrogens with two attached hydrogens (primary N) is 6. The first-order valence-corrected chi connectivity index (χ1v) is 12.6. The molecule has 0 aliphatic rings. The molecule has 0 saturated carbocycles. The highest BCUT2D eigenvalue weighted by Crippen LogP contribution is 2.05. The highest BCUT2D eigenvalue weighted by molar-refractivity contribution is 5.96. The molecular formula is C22H39N13O6. The number of amides is 4. The van der Waals surface area contributed by atoms with Crippen LogP contribution in [0.15, 0.2) is 22.5 Å². The van der Waals surface area contributed by atoms with Gasteiger partial charge < -0.3 is 60.4 Å². The second-order valence-electron chi connectivity index (χ2n) is 8.98. The zero-order valence-corrected chi connectivity index (χ0v) is 22.4. The average Bonchev–Trinajstić information content (AvgIpc) is 3.39. The molecule has 1 aromatic heterocycles. The Morgan fingerprint density at radius 3 is 1.88 bits per heavy atom. The number of nitrogens with one attached hydrogen (secondary N) is 4. The number of imidazole rings is 1. The lowest BCUT2D eigenvalue weighted by Gasteiger charge is -2.24. The number of carbonyl (C=O) groups excluding carboxylic acids is 4. The van der Waals surface area contributed by atoms with Crippen LogP contribution in [0.2, 0.25) is 0 Å². The van der Waals surface area contributed by atoms with Crippen molar-refractivity contribution in [3.05, 3.63) is 18.2 Å². The molecule has 4 unspecified atom stereocenters. The molecule has 19 nitrogen and oxygen atoms in total. The fourth-order valence-corrected chi connectivity index (χ4v) is 3.47. The number of aliphatic carboxylic acids is 1. The van der Waals surface area contributed by atoms with Gasteiger partial charge >= 0.3 is 5.97 Å². The van der Waals surface area contributed by atoms with Crippen LogP contribution in [0.4, 0.5) is 0 Å². The topological polar surface area (TPSA) is 351 Å². The van der Waals surface area contributed by atoms with Crippen molar-refractivity contribution < 1.29 is 29.1 Å². The van der Waals surface area contributed by atoms with Crippen molar-refractivity contribution >= 4 is 41.5 Å². The number of guanidine groups is 2. The minimum Gasteiger partial charge on any atom is -0.480 e. The van der Waals surface area contributed by atoms with Gasteiger partial charge in [0.05, 0.1) is 18.8 Å². The number of primary amides is 1. The second kappa shape index (κ2) is 17.6. The molecular weight excluding hydrogens is 542 g/mol. The molecule has 19 heteroatoms. The van der Waals surface area contributed by atoms with E-state index in [1.807, 2.05) is 0 Å². The molecule has 1 aromatic rings. The minimum absolute atomic E-state index is 0.00991. The number of H-pyrrole nitrogens is 1. The maximum Gasteiger partial charge on any atom is 0.326 e. The number of hydrogen-bond acceptors (Lipinski definition) is 9. The molecule has 0 aromatic carbocycles. The predicted molar refractivity (Wildman–Crippen MR) is 147 cm³/mol. The van der Waals surface area contributed by atoms with Crippen molar-refractivity contribution in [2.24, 2.45) is 44.4 Å². The standard InChI is InChI=1S/C22H39N13O6/c23-12(3-1-5-30-21(25)26)17(37)34-15(8-16(24)36)19(39)35-14(7-11-9-29-10-32-11)18(38)33-13(20(40)41)4-2-6-31-22(27)28/h9-10,12-15H,1-8,23H2,(H2,24,36)(H,29,32)(H,33,38)(H,34,37)(H,35,39)(H,40,41)(H4,25,26,30)(H4,27,28,31). The zero-order valence-electron chi connectivity index (χ0n) is 22.4. The molecule has 41 heavy (non-hydrogen) atoms. The van der Waals surface area contributed by atoms with E-state index in [0.29, 0.717) is 12.1 Å². The van der Waals surface area contributed by atoms with Crippen LogP contribution in [0.5, 0.6) is 0 Å². The van der Waals surface area contributed by atoms with E-state index >= 15 is 0 Å². The van der Waals surface area contributed by atoms with Gasteiger partial charge in [-0.15, -0.1) is 0 Å². The number of aromatic amines is 1. The first kappa shape index (κ1) is 34.1. The summed E-state index contributed by atoms with van der Waals surface area (Å²) in [4.78, 5) is 76.4. The van der Waals surface area contributed by atoms with Gasteiger partial charge in [0.25, 0.3) is 0 Å². The van der Waals surface area contributed by atoms with E-state index in [1.54, 1.807) is 0 Å². The van der Waals surface area contributed by atoms with Gasteiger partial charge in [0, 0.05) is 31.4 Å². The van der Waals surface area contributed by atoms with Crippen molar-refractivity contribution in [2.75, 3.05) is 13.1 Å². The summed E-state index contributed by atoms with van der Waals surface area (Å²) in [6, 6.07) is -5.19. The first-order valence-electron chi connectivity index (χ1n) is 12.6. The third-order valence-corrected chi connectivity index (χ3v) is 5.51. The smallest absolute Gasteiger partial charge is 0.326 e. The minimum atomic E-state index is -1.48. The number of carboxylic acids is 1. The van der Waals surface area contributed by atoms with Crippen LogP contribution in [0, 0.1) is 0 Å². The molecule has 0 aliphatic carbocycles. The van der Waals surface area contributed by atoms with E-state index in [9.17, 15) is 29.1 Å². The summed E-state index contributed by atoms with van der Waals surface area (Å²) in [5, 5.41) is 16.7. The Hall–Kier alpha value is -4.94. The monoisotopic (exact) mass is 581 g/mol. The van der Waals surface area contributed by atoms with Crippen LogP contribution in [-0.2, 0) is 30.4 Å². The summed E-state index contributed by atoms with van der Waals surface area (Å²) in [5.74, 6) is -5.02. The summed E-state index contributed by atoms with van der Waals surface area (Å²) in [6.45, 7) is 0.367. The molecule has 0 bridgehead atoms. The number of aliphatic imine (C=N–C) groups is 2. The predicted octanol–water partition coefficient (Wildman–Crippen LogP) is -5.20. The number of carboxylic acid groups (broad SMARTS) is 1. The van der Waals surface area contributed by atoms with Gasteiger partial charge in [0.1, 0.15) is 18.1 Å². The largest absolute Gasteiger partial charge is 0.480 e. The zero-order chi connectivity index (χ0) is 30.9. The van der Waals surface area contributed by atoms with Crippen LogP contribution >= 0.6 is 0 Å². The number of nitrogens with zero attached hydrogens (tertiary/aromatic N) is 3. The maximum absolute atomic E-state index is 13.1. The molecule has 0 spiro atoms. The normalized spacial score (nSPS) is 13.5. The summed E-state index contributed by atoms with van der Waals surface area (Å²) < 4.78 is 0. The highest BCUT2D eigenvalue weighted by atomic mass is 16.4. The van der Waals surface area contributed by atoms with E-state index in [0.717, 1.165) is 0 Å². The van der Waals surface area contributed by atoms with Gasteiger partial charge in [-0.3, -0.25) is 29.2 Å². The van der Waals surface area contributed by atoms with Gasteiger partial charge in [-0.25, -0.2) is 9.78 Å². The SMILES string of the molecule is NC(=O)CC(NC(=O)C(N)CCCN=C(N)N)C(=O)NC(Cc1cnc[nH]1)C(=O)NC(CCCN=C(N)N)C(=O)O. The molecule has 4 amide bonds. The van der Waals surface area contributed by atoms with Crippen molar-refractivity contribution in [1.82, 2.24) is 25.9 Å². The average molecular weight is 582 g/mol. The van der Waals surface area contributed by atoms with E-state index in [1.165, 1.54) is 12.5 Å². The number of hydrogen-bond donors (Lipinski definition) is 11. The Bertz CT molecular complexity index is 1080. The van der Waals surface area contributed by atoms with Crippen LogP contribution < -0.4 is 50.4 Å².